The molecule has 1 fully saturated rings. The van der Waals surface area contributed by atoms with Crippen LogP contribution in [0.15, 0.2) is 66.9 Å². The molecule has 8 heteroatoms. The zero-order valence-electron chi connectivity index (χ0n) is 17.3. The maximum Gasteiger partial charge on any atom is 0.257 e. The average molecular weight is 448 g/mol. The Balaban J connectivity index is 1.62. The largest absolute Gasteiger partial charge is 0.369 e. The number of aromatic nitrogens is 1. The number of fused-ring (bicyclic) bond motifs is 3. The zero-order valence-corrected chi connectivity index (χ0v) is 18.0. The van der Waals surface area contributed by atoms with E-state index >= 15 is 0 Å². The SMILES string of the molecule is NCCNc1ccc(C(=O)N2CCN3C(=O)c4ccccc4C23c2ccc(Cl)cc2)cn1. The first-order valence-electron chi connectivity index (χ1n) is 10.5. The summed E-state index contributed by atoms with van der Waals surface area (Å²) >= 11 is 6.15. The second-order valence-electron chi connectivity index (χ2n) is 7.79. The van der Waals surface area contributed by atoms with E-state index in [1.165, 1.54) is 0 Å². The Hall–Kier alpha value is -3.42. The standard InChI is InChI=1S/C24H22ClN5O2/c25-18-8-6-17(7-9-18)24-20-4-2-1-3-19(20)23(32)30(24)14-13-29(24)22(31)16-5-10-21(28-15-16)27-12-11-26/h1-10,15H,11-14,26H2,(H,27,28). The lowest BCUT2D eigenvalue weighted by Crippen LogP contribution is -2.51. The number of carbonyl (C=O) groups is 2. The second kappa shape index (κ2) is 7.93. The number of halogens is 1. The molecule has 0 radical (unpaired) electrons. The van der Waals surface area contributed by atoms with Crippen LogP contribution in [0, 0.1) is 0 Å². The van der Waals surface area contributed by atoms with Crippen LogP contribution in [-0.4, -0.2) is 52.8 Å². The maximum absolute atomic E-state index is 13.8. The van der Waals surface area contributed by atoms with Gasteiger partial charge in [0.15, 0.2) is 5.66 Å². The van der Waals surface area contributed by atoms with Gasteiger partial charge in [0.2, 0.25) is 0 Å². The van der Waals surface area contributed by atoms with E-state index in [9.17, 15) is 9.59 Å². The van der Waals surface area contributed by atoms with Crippen molar-refractivity contribution in [1.29, 1.82) is 0 Å². The van der Waals surface area contributed by atoms with Crippen LogP contribution >= 0.6 is 11.6 Å². The van der Waals surface area contributed by atoms with Crippen molar-refractivity contribution in [2.75, 3.05) is 31.5 Å². The van der Waals surface area contributed by atoms with Crippen molar-refractivity contribution in [3.63, 3.8) is 0 Å². The Kier molecular flexibility index (Phi) is 5.07. The van der Waals surface area contributed by atoms with Crippen molar-refractivity contribution in [2.45, 2.75) is 5.66 Å². The van der Waals surface area contributed by atoms with Gasteiger partial charge in [0.1, 0.15) is 5.82 Å². The van der Waals surface area contributed by atoms with Crippen LogP contribution in [0.4, 0.5) is 5.82 Å². The van der Waals surface area contributed by atoms with E-state index in [1.54, 1.807) is 40.3 Å². The minimum atomic E-state index is -1.02. The third-order valence-corrected chi connectivity index (χ3v) is 6.31. The first-order chi connectivity index (χ1) is 15.6. The number of hydrogen-bond acceptors (Lipinski definition) is 5. The highest BCUT2D eigenvalue weighted by Crippen LogP contribution is 2.50. The quantitative estimate of drug-likeness (QED) is 0.627. The number of rotatable bonds is 5. The fraction of sp³-hybridized carbons (Fsp3) is 0.208. The molecule has 3 N–H and O–H groups in total. The minimum Gasteiger partial charge on any atom is -0.369 e. The second-order valence-corrected chi connectivity index (χ2v) is 8.22. The lowest BCUT2D eigenvalue weighted by molar-refractivity contribution is 0.0375. The third kappa shape index (κ3) is 2.97. The summed E-state index contributed by atoms with van der Waals surface area (Å²) in [5.41, 5.74) is 7.19. The topological polar surface area (TPSA) is 91.6 Å². The summed E-state index contributed by atoms with van der Waals surface area (Å²) in [4.78, 5) is 35.0. The number of pyridine rings is 1. The lowest BCUT2D eigenvalue weighted by atomic mass is 9.89. The molecule has 3 heterocycles. The van der Waals surface area contributed by atoms with Gasteiger partial charge in [0.05, 0.1) is 5.56 Å². The van der Waals surface area contributed by atoms with Crippen LogP contribution in [-0.2, 0) is 5.66 Å². The van der Waals surface area contributed by atoms with E-state index in [2.05, 4.69) is 10.3 Å². The summed E-state index contributed by atoms with van der Waals surface area (Å²) < 4.78 is 0. The van der Waals surface area contributed by atoms with E-state index in [4.69, 9.17) is 17.3 Å². The van der Waals surface area contributed by atoms with Crippen LogP contribution in [0.2, 0.25) is 5.02 Å². The van der Waals surface area contributed by atoms with Crippen LogP contribution in [0.25, 0.3) is 0 Å². The van der Waals surface area contributed by atoms with Crippen LogP contribution < -0.4 is 11.1 Å². The molecule has 0 bridgehead atoms. The van der Waals surface area contributed by atoms with Crippen LogP contribution in [0.5, 0.6) is 0 Å². The number of nitrogens with zero attached hydrogens (tertiary/aromatic N) is 3. The summed E-state index contributed by atoms with van der Waals surface area (Å²) in [6, 6.07) is 18.3. The van der Waals surface area contributed by atoms with Crippen molar-refractivity contribution in [3.05, 3.63) is 94.1 Å². The summed E-state index contributed by atoms with van der Waals surface area (Å²) in [5, 5.41) is 3.69. The smallest absolute Gasteiger partial charge is 0.257 e. The molecule has 2 aliphatic rings. The van der Waals surface area contributed by atoms with E-state index in [0.29, 0.717) is 48.1 Å². The molecular weight excluding hydrogens is 426 g/mol. The molecule has 0 saturated carbocycles. The Morgan fingerprint density at radius 3 is 2.59 bits per heavy atom. The average Bonchev–Trinajstić information content (AvgIpc) is 3.34. The highest BCUT2D eigenvalue weighted by atomic mass is 35.5. The fourth-order valence-electron chi connectivity index (χ4n) is 4.71. The Morgan fingerprint density at radius 1 is 1.09 bits per heavy atom. The molecule has 2 amide bonds. The number of carbonyl (C=O) groups excluding carboxylic acids is 2. The molecule has 7 nitrogen and oxygen atoms in total. The molecule has 1 atom stereocenters. The molecule has 5 rings (SSSR count). The van der Waals surface area contributed by atoms with Gasteiger partial charge in [0, 0.05) is 54.1 Å². The van der Waals surface area contributed by atoms with Gasteiger partial charge in [-0.2, -0.15) is 0 Å². The van der Waals surface area contributed by atoms with Crippen molar-refractivity contribution < 1.29 is 9.59 Å². The molecule has 2 aromatic carbocycles. The maximum atomic E-state index is 13.8. The van der Waals surface area contributed by atoms with Crippen LogP contribution in [0.1, 0.15) is 31.8 Å². The number of amides is 2. The van der Waals surface area contributed by atoms with Gasteiger partial charge < -0.3 is 20.9 Å². The molecule has 32 heavy (non-hydrogen) atoms. The Morgan fingerprint density at radius 2 is 1.88 bits per heavy atom. The molecule has 3 aromatic rings. The first-order valence-corrected chi connectivity index (χ1v) is 10.8. The van der Waals surface area contributed by atoms with Gasteiger partial charge >= 0.3 is 0 Å². The van der Waals surface area contributed by atoms with E-state index < -0.39 is 5.66 Å². The predicted molar refractivity (Wildman–Crippen MR) is 123 cm³/mol. The minimum absolute atomic E-state index is 0.0784. The third-order valence-electron chi connectivity index (χ3n) is 6.06. The fourth-order valence-corrected chi connectivity index (χ4v) is 4.83. The molecule has 1 saturated heterocycles. The van der Waals surface area contributed by atoms with Crippen molar-refractivity contribution >= 4 is 29.2 Å². The summed E-state index contributed by atoms with van der Waals surface area (Å²) in [6.45, 7) is 1.93. The molecule has 1 aromatic heterocycles. The monoisotopic (exact) mass is 447 g/mol. The van der Waals surface area contributed by atoms with Crippen LogP contribution in [0.3, 0.4) is 0 Å². The van der Waals surface area contributed by atoms with E-state index in [0.717, 1.165) is 11.1 Å². The Labute approximate surface area is 190 Å². The highest BCUT2D eigenvalue weighted by molar-refractivity contribution is 6.30. The molecule has 162 valence electrons. The molecule has 0 spiro atoms. The number of nitrogens with two attached hydrogens (primary N) is 1. The molecule has 0 aliphatic carbocycles. The normalized spacial score (nSPS) is 19.1. The van der Waals surface area contributed by atoms with Gasteiger partial charge in [-0.3, -0.25) is 9.59 Å². The summed E-state index contributed by atoms with van der Waals surface area (Å²) in [6.07, 6.45) is 1.56. The van der Waals surface area contributed by atoms with Gasteiger partial charge in [-0.1, -0.05) is 41.9 Å². The predicted octanol–water partition coefficient (Wildman–Crippen LogP) is 2.92. The number of anilines is 1. The first kappa shape index (κ1) is 20.5. The summed E-state index contributed by atoms with van der Waals surface area (Å²) in [7, 11) is 0. The molecule has 1 unspecified atom stereocenters. The van der Waals surface area contributed by atoms with E-state index in [-0.39, 0.29) is 11.8 Å². The highest BCUT2D eigenvalue weighted by Gasteiger charge is 2.59. The van der Waals surface area contributed by atoms with Gasteiger partial charge in [-0.05, 0) is 30.3 Å². The number of benzene rings is 2. The van der Waals surface area contributed by atoms with Crippen molar-refractivity contribution in [3.8, 4) is 0 Å². The van der Waals surface area contributed by atoms with Gasteiger partial charge in [-0.25, -0.2) is 4.98 Å². The summed E-state index contributed by atoms with van der Waals surface area (Å²) in [5.74, 6) is 0.388. The van der Waals surface area contributed by atoms with Crippen molar-refractivity contribution in [1.82, 2.24) is 14.8 Å². The Bertz CT molecular complexity index is 1180. The van der Waals surface area contributed by atoms with Gasteiger partial charge in [-0.15, -0.1) is 0 Å². The number of hydrogen-bond donors (Lipinski definition) is 2. The number of nitrogens with one attached hydrogen (secondary N) is 1. The van der Waals surface area contributed by atoms with Crippen molar-refractivity contribution in [2.24, 2.45) is 5.73 Å². The molecule has 2 aliphatic heterocycles. The lowest BCUT2D eigenvalue weighted by Gasteiger charge is -2.40. The zero-order chi connectivity index (χ0) is 22.3. The molecular formula is C24H22ClN5O2. The van der Waals surface area contributed by atoms with E-state index in [1.807, 2.05) is 36.4 Å². The van der Waals surface area contributed by atoms with Gasteiger partial charge in [0.25, 0.3) is 11.8 Å².